The van der Waals surface area contributed by atoms with Crippen LogP contribution >= 0.6 is 11.3 Å². The van der Waals surface area contributed by atoms with Crippen LogP contribution in [0.5, 0.6) is 11.5 Å². The van der Waals surface area contributed by atoms with Gasteiger partial charge in [0, 0.05) is 29.6 Å². The molecular weight excluding hydrogens is 304 g/mol. The number of aromatic hydroxyl groups is 2. The standard InChI is InChI=1S/C15H16N2O4S/c18-11-6-10(7-12(19)8-11)15(21)17-4-3-16-14(20)9-13-2-1-5-22-13/h1-2,5-8,18-19H,3-4,9H2,(H,16,20)(H,17,21). The molecule has 0 unspecified atom stereocenters. The van der Waals surface area contributed by atoms with Gasteiger partial charge in [-0.25, -0.2) is 0 Å². The van der Waals surface area contributed by atoms with Crippen LogP contribution in [-0.2, 0) is 11.2 Å². The lowest BCUT2D eigenvalue weighted by atomic mass is 10.2. The van der Waals surface area contributed by atoms with E-state index in [1.54, 1.807) is 0 Å². The molecule has 1 aromatic carbocycles. The molecule has 0 aliphatic rings. The van der Waals surface area contributed by atoms with Crippen LogP contribution in [0.25, 0.3) is 0 Å². The van der Waals surface area contributed by atoms with Crippen molar-refractivity contribution in [3.63, 3.8) is 0 Å². The number of carbonyl (C=O) groups excluding carboxylic acids is 2. The van der Waals surface area contributed by atoms with Crippen molar-refractivity contribution in [2.45, 2.75) is 6.42 Å². The Balaban J connectivity index is 1.72. The monoisotopic (exact) mass is 320 g/mol. The summed E-state index contributed by atoms with van der Waals surface area (Å²) < 4.78 is 0. The van der Waals surface area contributed by atoms with Gasteiger partial charge >= 0.3 is 0 Å². The van der Waals surface area contributed by atoms with Crippen molar-refractivity contribution in [2.24, 2.45) is 0 Å². The van der Waals surface area contributed by atoms with Crippen molar-refractivity contribution in [1.29, 1.82) is 0 Å². The molecule has 0 aliphatic carbocycles. The van der Waals surface area contributed by atoms with Crippen LogP contribution in [0.15, 0.2) is 35.7 Å². The Hall–Kier alpha value is -2.54. The van der Waals surface area contributed by atoms with Crippen molar-refractivity contribution < 1.29 is 19.8 Å². The summed E-state index contributed by atoms with van der Waals surface area (Å²) in [7, 11) is 0. The lowest BCUT2D eigenvalue weighted by Crippen LogP contribution is -2.35. The Morgan fingerprint density at radius 2 is 1.73 bits per heavy atom. The summed E-state index contributed by atoms with van der Waals surface area (Å²) in [6.45, 7) is 0.562. The molecule has 0 aliphatic heterocycles. The molecule has 1 heterocycles. The number of hydrogen-bond donors (Lipinski definition) is 4. The summed E-state index contributed by atoms with van der Waals surface area (Å²) in [6, 6.07) is 7.43. The third-order valence-corrected chi connectivity index (χ3v) is 3.69. The minimum atomic E-state index is -0.432. The van der Waals surface area contributed by atoms with Gasteiger partial charge in [0.15, 0.2) is 0 Å². The first kappa shape index (κ1) is 15.8. The summed E-state index contributed by atoms with van der Waals surface area (Å²) in [5.74, 6) is -0.908. The number of hydrogen-bond acceptors (Lipinski definition) is 5. The van der Waals surface area contributed by atoms with E-state index in [1.165, 1.54) is 23.5 Å². The van der Waals surface area contributed by atoms with Gasteiger partial charge < -0.3 is 20.8 Å². The Morgan fingerprint density at radius 1 is 1.05 bits per heavy atom. The number of benzene rings is 1. The van der Waals surface area contributed by atoms with Gasteiger partial charge in [0.05, 0.1) is 6.42 Å². The number of phenolic OH excluding ortho intramolecular Hbond substituents is 2. The van der Waals surface area contributed by atoms with Crippen LogP contribution in [0.2, 0.25) is 0 Å². The molecule has 22 heavy (non-hydrogen) atoms. The second-order valence-corrected chi connectivity index (χ2v) is 5.63. The van der Waals surface area contributed by atoms with Gasteiger partial charge in [0.1, 0.15) is 11.5 Å². The average Bonchev–Trinajstić information content (AvgIpc) is 2.95. The van der Waals surface area contributed by atoms with Crippen LogP contribution in [0.3, 0.4) is 0 Å². The molecule has 0 bridgehead atoms. The fraction of sp³-hybridized carbons (Fsp3) is 0.200. The van der Waals surface area contributed by atoms with Crippen LogP contribution in [0.4, 0.5) is 0 Å². The van der Waals surface area contributed by atoms with Crippen LogP contribution in [0.1, 0.15) is 15.2 Å². The third kappa shape index (κ3) is 4.78. The van der Waals surface area contributed by atoms with E-state index >= 15 is 0 Å². The highest BCUT2D eigenvalue weighted by molar-refractivity contribution is 7.10. The van der Waals surface area contributed by atoms with E-state index in [0.29, 0.717) is 13.0 Å². The Bertz CT molecular complexity index is 635. The highest BCUT2D eigenvalue weighted by atomic mass is 32.1. The molecule has 2 amide bonds. The molecule has 0 saturated carbocycles. The molecule has 116 valence electrons. The largest absolute Gasteiger partial charge is 0.508 e. The topological polar surface area (TPSA) is 98.7 Å². The summed E-state index contributed by atoms with van der Waals surface area (Å²) >= 11 is 1.52. The smallest absolute Gasteiger partial charge is 0.251 e. The average molecular weight is 320 g/mol. The van der Waals surface area contributed by atoms with Gasteiger partial charge in [-0.1, -0.05) is 6.07 Å². The lowest BCUT2D eigenvalue weighted by molar-refractivity contribution is -0.120. The van der Waals surface area contributed by atoms with Gasteiger partial charge in [0.2, 0.25) is 5.91 Å². The maximum absolute atomic E-state index is 11.8. The second-order valence-electron chi connectivity index (χ2n) is 4.60. The van der Waals surface area contributed by atoms with Crippen molar-refractivity contribution in [3.8, 4) is 11.5 Å². The first-order valence-corrected chi connectivity index (χ1v) is 7.53. The quantitative estimate of drug-likeness (QED) is 0.602. The van der Waals surface area contributed by atoms with Crippen molar-refractivity contribution in [3.05, 3.63) is 46.2 Å². The highest BCUT2D eigenvalue weighted by Gasteiger charge is 2.08. The molecular formula is C15H16N2O4S. The first-order chi connectivity index (χ1) is 10.5. The van der Waals surface area contributed by atoms with Crippen molar-refractivity contribution >= 4 is 23.2 Å². The zero-order valence-corrected chi connectivity index (χ0v) is 12.5. The van der Waals surface area contributed by atoms with E-state index < -0.39 is 5.91 Å². The highest BCUT2D eigenvalue weighted by Crippen LogP contribution is 2.20. The Morgan fingerprint density at radius 3 is 2.36 bits per heavy atom. The SMILES string of the molecule is O=C(Cc1cccs1)NCCNC(=O)c1cc(O)cc(O)c1. The summed E-state index contributed by atoms with van der Waals surface area (Å²) in [4.78, 5) is 24.4. The van der Waals surface area contributed by atoms with E-state index in [0.717, 1.165) is 10.9 Å². The first-order valence-electron chi connectivity index (χ1n) is 6.65. The molecule has 1 aromatic heterocycles. The minimum Gasteiger partial charge on any atom is -0.508 e. The van der Waals surface area contributed by atoms with Gasteiger partial charge in [-0.05, 0) is 23.6 Å². The molecule has 2 rings (SSSR count). The van der Waals surface area contributed by atoms with E-state index in [9.17, 15) is 19.8 Å². The minimum absolute atomic E-state index is 0.105. The van der Waals surface area contributed by atoms with Crippen molar-refractivity contribution in [1.82, 2.24) is 10.6 Å². The predicted octanol–water partition coefficient (Wildman–Crippen LogP) is 1.25. The van der Waals surface area contributed by atoms with Crippen molar-refractivity contribution in [2.75, 3.05) is 13.1 Å². The maximum Gasteiger partial charge on any atom is 0.251 e. The number of carbonyl (C=O) groups is 2. The maximum atomic E-state index is 11.8. The van der Waals surface area contributed by atoms with E-state index in [-0.39, 0.29) is 29.5 Å². The molecule has 6 nitrogen and oxygen atoms in total. The van der Waals surface area contributed by atoms with Crippen LogP contribution in [0, 0.1) is 0 Å². The zero-order valence-electron chi connectivity index (χ0n) is 11.7. The summed E-state index contributed by atoms with van der Waals surface area (Å²) in [6.07, 6.45) is 0.325. The fourth-order valence-corrected chi connectivity index (χ4v) is 2.54. The van der Waals surface area contributed by atoms with Gasteiger partial charge in [-0.3, -0.25) is 9.59 Å². The van der Waals surface area contributed by atoms with E-state index in [2.05, 4.69) is 10.6 Å². The van der Waals surface area contributed by atoms with Gasteiger partial charge in [-0.2, -0.15) is 0 Å². The number of rotatable bonds is 6. The number of amides is 2. The number of thiophene rings is 1. The normalized spacial score (nSPS) is 10.2. The number of nitrogens with one attached hydrogen (secondary N) is 2. The fourth-order valence-electron chi connectivity index (χ4n) is 1.84. The molecule has 0 saturated heterocycles. The molecule has 7 heteroatoms. The molecule has 4 N–H and O–H groups in total. The van der Waals surface area contributed by atoms with Crippen LogP contribution < -0.4 is 10.6 Å². The summed E-state index contributed by atoms with van der Waals surface area (Å²) in [5.41, 5.74) is 0.155. The van der Waals surface area contributed by atoms with E-state index in [4.69, 9.17) is 0 Å². The Labute approximate surface area is 131 Å². The van der Waals surface area contributed by atoms with Gasteiger partial charge in [0.25, 0.3) is 5.91 Å². The van der Waals surface area contributed by atoms with Crippen LogP contribution in [-0.4, -0.2) is 35.1 Å². The van der Waals surface area contributed by atoms with Gasteiger partial charge in [-0.15, -0.1) is 11.3 Å². The molecule has 0 radical (unpaired) electrons. The van der Waals surface area contributed by atoms with E-state index in [1.807, 2.05) is 17.5 Å². The second kappa shape index (κ2) is 7.46. The zero-order chi connectivity index (χ0) is 15.9. The number of phenols is 2. The molecule has 0 spiro atoms. The predicted molar refractivity (Wildman–Crippen MR) is 83.1 cm³/mol. The molecule has 0 atom stereocenters. The summed E-state index contributed by atoms with van der Waals surface area (Å²) in [5, 5.41) is 25.8. The lowest BCUT2D eigenvalue weighted by Gasteiger charge is -2.07. The molecule has 0 fully saturated rings. The third-order valence-electron chi connectivity index (χ3n) is 2.81. The molecule has 2 aromatic rings. The Kier molecular flexibility index (Phi) is 5.37.